The van der Waals surface area contributed by atoms with Crippen LogP contribution in [0.4, 0.5) is 15.8 Å². The number of phenolic OH excluding ortho intramolecular Hbond substituents is 1. The second kappa shape index (κ2) is 10.7. The molecule has 2 aliphatic carbocycles. The van der Waals surface area contributed by atoms with Crippen molar-refractivity contribution in [3.05, 3.63) is 92.3 Å². The van der Waals surface area contributed by atoms with E-state index < -0.39 is 52.6 Å². The van der Waals surface area contributed by atoms with Crippen LogP contribution in [0.3, 0.4) is 0 Å². The molecule has 4 amide bonds. The van der Waals surface area contributed by atoms with Crippen molar-refractivity contribution in [2.45, 2.75) is 25.7 Å². The van der Waals surface area contributed by atoms with E-state index in [0.29, 0.717) is 22.6 Å². The molecular weight excluding hydrogens is 714 g/mol. The molecule has 1 saturated carbocycles. The smallest absolute Gasteiger partial charge is 0.241 e. The first-order chi connectivity index (χ1) is 21.5. The van der Waals surface area contributed by atoms with Gasteiger partial charge in [0.05, 0.1) is 46.7 Å². The fourth-order valence-corrected chi connectivity index (χ4v) is 8.57. The number of rotatable bonds is 4. The summed E-state index contributed by atoms with van der Waals surface area (Å²) in [6.45, 7) is 1.70. The molecule has 3 aromatic rings. The number of carbonyl (C=O) groups excluding carboxylic acids is 4. The average Bonchev–Trinajstić information content (AvgIpc) is 3.39. The molecule has 8 nitrogen and oxygen atoms in total. The summed E-state index contributed by atoms with van der Waals surface area (Å²) in [5, 5.41) is 11.1. The van der Waals surface area contributed by atoms with Crippen LogP contribution >= 0.6 is 34.2 Å². The first-order valence-corrected chi connectivity index (χ1v) is 16.0. The molecular formula is C34H27ClFIN2O6. The summed E-state index contributed by atoms with van der Waals surface area (Å²) < 4.78 is 20.7. The van der Waals surface area contributed by atoms with Crippen molar-refractivity contribution < 1.29 is 33.4 Å². The number of phenols is 1. The number of nitrogens with zero attached hydrogens (tertiary/aromatic N) is 2. The molecule has 0 aromatic heterocycles. The molecule has 7 rings (SSSR count). The third-order valence-electron chi connectivity index (χ3n) is 10.1. The summed E-state index contributed by atoms with van der Waals surface area (Å²) in [5.74, 6) is -5.98. The molecule has 4 aliphatic rings. The van der Waals surface area contributed by atoms with Gasteiger partial charge in [0.25, 0.3) is 0 Å². The molecule has 2 aliphatic heterocycles. The number of carbonyl (C=O) groups is 4. The lowest BCUT2D eigenvalue weighted by Crippen LogP contribution is -2.49. The van der Waals surface area contributed by atoms with Gasteiger partial charge in [0, 0.05) is 15.1 Å². The molecule has 0 radical (unpaired) electrons. The lowest BCUT2D eigenvalue weighted by molar-refractivity contribution is -0.131. The number of benzene rings is 3. The van der Waals surface area contributed by atoms with Crippen molar-refractivity contribution in [3.63, 3.8) is 0 Å². The van der Waals surface area contributed by atoms with E-state index in [-0.39, 0.29) is 41.1 Å². The summed E-state index contributed by atoms with van der Waals surface area (Å²) in [5.41, 5.74) is 0.226. The number of anilines is 2. The molecule has 3 fully saturated rings. The maximum Gasteiger partial charge on any atom is 0.241 e. The zero-order chi connectivity index (χ0) is 31.9. The molecule has 3 aromatic carbocycles. The monoisotopic (exact) mass is 740 g/mol. The van der Waals surface area contributed by atoms with Crippen LogP contribution < -0.4 is 14.5 Å². The summed E-state index contributed by atoms with van der Waals surface area (Å²) in [6, 6.07) is 15.6. The molecule has 0 bridgehead atoms. The number of ether oxygens (including phenoxy) is 1. The van der Waals surface area contributed by atoms with Gasteiger partial charge in [-0.1, -0.05) is 29.3 Å². The molecule has 2 saturated heterocycles. The molecule has 6 atom stereocenters. The van der Waals surface area contributed by atoms with Crippen molar-refractivity contribution in [2.24, 2.45) is 29.1 Å². The first-order valence-electron chi connectivity index (χ1n) is 14.5. The topological polar surface area (TPSA) is 104 Å². The molecule has 230 valence electrons. The van der Waals surface area contributed by atoms with Crippen molar-refractivity contribution in [2.75, 3.05) is 16.9 Å². The predicted octanol–water partition coefficient (Wildman–Crippen LogP) is 6.23. The SMILES string of the molecule is COc1cccc(O)c1[C@H]1C2=CC[C@@H]3C(=O)N(c4ccc(I)cc4)C(=O)[C@@H]3[C@@H]2C[C@H]2C(=O)N(c3ccc(F)c(Cl)c3)C(=O)[C@@]12C. The van der Waals surface area contributed by atoms with Gasteiger partial charge in [0.15, 0.2) is 0 Å². The Morgan fingerprint density at radius 2 is 1.67 bits per heavy atom. The number of amides is 4. The van der Waals surface area contributed by atoms with Crippen LogP contribution in [0.15, 0.2) is 72.3 Å². The van der Waals surface area contributed by atoms with Gasteiger partial charge in [-0.15, -0.1) is 0 Å². The molecule has 0 spiro atoms. The van der Waals surface area contributed by atoms with Gasteiger partial charge in [-0.25, -0.2) is 9.29 Å². The number of allylic oxidation sites excluding steroid dienone is 2. The second-order valence-corrected chi connectivity index (χ2v) is 13.8. The lowest BCUT2D eigenvalue weighted by Gasteiger charge is -2.49. The fourth-order valence-electron chi connectivity index (χ4n) is 8.04. The van der Waals surface area contributed by atoms with Crippen molar-refractivity contribution in [1.82, 2.24) is 0 Å². The van der Waals surface area contributed by atoms with Crippen molar-refractivity contribution in [1.29, 1.82) is 0 Å². The number of hydrogen-bond acceptors (Lipinski definition) is 6. The van der Waals surface area contributed by atoms with Crippen LogP contribution in [0.1, 0.15) is 31.2 Å². The highest BCUT2D eigenvalue weighted by atomic mass is 127. The van der Waals surface area contributed by atoms with Gasteiger partial charge >= 0.3 is 0 Å². The first kappa shape index (κ1) is 29.9. The Morgan fingerprint density at radius 1 is 0.956 bits per heavy atom. The normalized spacial score (nSPS) is 29.0. The summed E-state index contributed by atoms with van der Waals surface area (Å²) >= 11 is 8.22. The number of aromatic hydroxyl groups is 1. The Balaban J connectivity index is 1.40. The summed E-state index contributed by atoms with van der Waals surface area (Å²) in [7, 11) is 1.45. The van der Waals surface area contributed by atoms with E-state index in [1.165, 1.54) is 30.2 Å². The van der Waals surface area contributed by atoms with Gasteiger partial charge < -0.3 is 9.84 Å². The number of halogens is 3. The number of imide groups is 2. The maximum atomic E-state index is 14.5. The zero-order valence-electron chi connectivity index (χ0n) is 24.2. The van der Waals surface area contributed by atoms with E-state index in [9.17, 15) is 28.7 Å². The van der Waals surface area contributed by atoms with Gasteiger partial charge in [-0.3, -0.25) is 24.1 Å². The van der Waals surface area contributed by atoms with Crippen LogP contribution in [0, 0.1) is 38.5 Å². The summed E-state index contributed by atoms with van der Waals surface area (Å²) in [6.07, 6.45) is 2.29. The van der Waals surface area contributed by atoms with E-state index in [1.807, 2.05) is 18.2 Å². The second-order valence-electron chi connectivity index (χ2n) is 12.1. The molecule has 11 heteroatoms. The van der Waals surface area contributed by atoms with E-state index in [0.717, 1.165) is 14.5 Å². The third-order valence-corrected chi connectivity index (χ3v) is 11.1. The van der Waals surface area contributed by atoms with E-state index in [4.69, 9.17) is 16.3 Å². The molecule has 2 heterocycles. The standard InChI is InChI=1S/C34H27ClFIN2O6/c1-34-22(31(42)39(33(34)44)18-10-13-24(36)23(35)14-18)15-21-19(29(34)28-25(40)4-3-5-26(28)45-2)11-12-20-27(21)32(43)38(30(20)41)17-8-6-16(37)7-9-17/h3-11,13-14,20-22,27,29,40H,12,15H2,1-2H3/t20-,21+,22-,27-,29+,34+/m0/s1. The Kier molecular flexibility index (Phi) is 7.08. The Bertz CT molecular complexity index is 1850. The van der Waals surface area contributed by atoms with Crippen LogP contribution in [-0.4, -0.2) is 35.8 Å². The van der Waals surface area contributed by atoms with Crippen LogP contribution in [-0.2, 0) is 19.2 Å². The predicted molar refractivity (Wildman–Crippen MR) is 172 cm³/mol. The Morgan fingerprint density at radius 3 is 2.36 bits per heavy atom. The molecule has 1 N–H and O–H groups in total. The maximum absolute atomic E-state index is 14.5. The van der Waals surface area contributed by atoms with E-state index in [1.54, 1.807) is 31.2 Å². The van der Waals surface area contributed by atoms with E-state index >= 15 is 0 Å². The highest BCUT2D eigenvalue weighted by Gasteiger charge is 2.68. The number of hydrogen-bond donors (Lipinski definition) is 1. The lowest BCUT2D eigenvalue weighted by atomic mass is 9.51. The molecule has 45 heavy (non-hydrogen) atoms. The van der Waals surface area contributed by atoms with Crippen LogP contribution in [0.25, 0.3) is 0 Å². The number of fused-ring (bicyclic) bond motifs is 4. The number of methoxy groups -OCH3 is 1. The highest BCUT2D eigenvalue weighted by molar-refractivity contribution is 14.1. The Hall–Kier alpha value is -3.77. The third kappa shape index (κ3) is 4.21. The van der Waals surface area contributed by atoms with E-state index in [2.05, 4.69) is 22.6 Å². The van der Waals surface area contributed by atoms with Gasteiger partial charge in [-0.2, -0.15) is 0 Å². The minimum Gasteiger partial charge on any atom is -0.508 e. The molecule has 0 unspecified atom stereocenters. The Labute approximate surface area is 276 Å². The van der Waals surface area contributed by atoms with Gasteiger partial charge in [0.1, 0.15) is 17.3 Å². The highest BCUT2D eigenvalue weighted by Crippen LogP contribution is 2.65. The fraction of sp³-hybridized carbons (Fsp3) is 0.294. The largest absolute Gasteiger partial charge is 0.508 e. The van der Waals surface area contributed by atoms with Gasteiger partial charge in [0.2, 0.25) is 23.6 Å². The minimum atomic E-state index is -1.42. The minimum absolute atomic E-state index is 0.124. The van der Waals surface area contributed by atoms with Crippen LogP contribution in [0.5, 0.6) is 11.5 Å². The quantitative estimate of drug-likeness (QED) is 0.193. The van der Waals surface area contributed by atoms with Crippen molar-refractivity contribution >= 4 is 69.2 Å². The van der Waals surface area contributed by atoms with Gasteiger partial charge in [-0.05, 0) is 103 Å². The van der Waals surface area contributed by atoms with Crippen LogP contribution in [0.2, 0.25) is 5.02 Å². The van der Waals surface area contributed by atoms with Crippen molar-refractivity contribution in [3.8, 4) is 11.5 Å². The zero-order valence-corrected chi connectivity index (χ0v) is 27.1. The summed E-state index contributed by atoms with van der Waals surface area (Å²) in [4.78, 5) is 59.0. The average molecular weight is 741 g/mol.